The zero-order chi connectivity index (χ0) is 48.7. The highest BCUT2D eigenvalue weighted by Crippen LogP contribution is 2.47. The van der Waals surface area contributed by atoms with Gasteiger partial charge in [0.15, 0.2) is 0 Å². The fourth-order valence-corrected chi connectivity index (χ4v) is 12.2. The van der Waals surface area contributed by atoms with Gasteiger partial charge in [-0.1, -0.05) is 237 Å². The summed E-state index contributed by atoms with van der Waals surface area (Å²) in [5.74, 6) is 0. The van der Waals surface area contributed by atoms with Gasteiger partial charge < -0.3 is 0 Å². The fourth-order valence-electron chi connectivity index (χ4n) is 12.2. The van der Waals surface area contributed by atoms with Crippen molar-refractivity contribution in [3.63, 3.8) is 0 Å². The van der Waals surface area contributed by atoms with Crippen molar-refractivity contribution in [1.29, 1.82) is 0 Å². The Morgan fingerprint density at radius 3 is 0.676 bits per heavy atom. The molecule has 342 valence electrons. The molecular formula is C74H46. The van der Waals surface area contributed by atoms with E-state index in [2.05, 4.69) is 279 Å². The molecule has 0 saturated heterocycles. The molecule has 0 aliphatic rings. The average Bonchev–Trinajstić information content (AvgIpc) is 3.47. The summed E-state index contributed by atoms with van der Waals surface area (Å²) in [4.78, 5) is 0. The highest BCUT2D eigenvalue weighted by atomic mass is 14.2. The van der Waals surface area contributed by atoms with Gasteiger partial charge in [0.05, 0.1) is 0 Å². The second-order valence-corrected chi connectivity index (χ2v) is 19.9. The van der Waals surface area contributed by atoms with Gasteiger partial charge in [0, 0.05) is 0 Å². The van der Waals surface area contributed by atoms with Crippen molar-refractivity contribution in [2.24, 2.45) is 0 Å². The Hall–Kier alpha value is -9.62. The van der Waals surface area contributed by atoms with Crippen LogP contribution in [-0.4, -0.2) is 0 Å². The Morgan fingerprint density at radius 2 is 0.338 bits per heavy atom. The van der Waals surface area contributed by atoms with Crippen LogP contribution in [0.5, 0.6) is 0 Å². The number of fused-ring (bicyclic) bond motifs is 8. The first kappa shape index (κ1) is 42.1. The van der Waals surface area contributed by atoms with Gasteiger partial charge in [-0.25, -0.2) is 0 Å². The van der Waals surface area contributed by atoms with E-state index in [0.29, 0.717) is 0 Å². The third-order valence-corrected chi connectivity index (χ3v) is 15.7. The molecule has 15 aromatic rings. The summed E-state index contributed by atoms with van der Waals surface area (Å²) in [5, 5.41) is 20.0. The Bertz CT molecular complexity index is 4670. The van der Waals surface area contributed by atoms with E-state index in [-0.39, 0.29) is 0 Å². The van der Waals surface area contributed by atoms with E-state index in [1.165, 1.54) is 153 Å². The van der Waals surface area contributed by atoms with E-state index < -0.39 is 0 Å². The van der Waals surface area contributed by atoms with E-state index >= 15 is 0 Å². The molecule has 0 spiro atoms. The van der Waals surface area contributed by atoms with Crippen LogP contribution in [0.15, 0.2) is 279 Å². The van der Waals surface area contributed by atoms with Crippen LogP contribution < -0.4 is 0 Å². The molecular weight excluding hydrogens is 889 g/mol. The van der Waals surface area contributed by atoms with E-state index in [1.54, 1.807) is 0 Å². The molecule has 15 aromatic carbocycles. The molecule has 0 atom stereocenters. The minimum atomic E-state index is 1.20. The number of rotatable bonds is 6. The van der Waals surface area contributed by atoms with Crippen molar-refractivity contribution >= 4 is 86.2 Å². The van der Waals surface area contributed by atoms with Crippen molar-refractivity contribution in [2.75, 3.05) is 0 Å². The molecule has 0 aliphatic heterocycles. The minimum Gasteiger partial charge on any atom is -0.0616 e. The van der Waals surface area contributed by atoms with Gasteiger partial charge in [-0.2, -0.15) is 0 Å². The lowest BCUT2D eigenvalue weighted by Gasteiger charge is -2.18. The van der Waals surface area contributed by atoms with Crippen LogP contribution in [-0.2, 0) is 0 Å². The number of benzene rings is 15. The predicted octanol–water partition coefficient (Wildman–Crippen LogP) is 20.9. The summed E-state index contributed by atoms with van der Waals surface area (Å²) < 4.78 is 0. The molecule has 0 aromatic heterocycles. The topological polar surface area (TPSA) is 0 Å². The van der Waals surface area contributed by atoms with Crippen LogP contribution >= 0.6 is 0 Å². The summed E-state index contributed by atoms with van der Waals surface area (Å²) in [5.41, 5.74) is 14.8. The van der Waals surface area contributed by atoms with Crippen LogP contribution in [0.1, 0.15) is 0 Å². The number of hydrogen-bond donors (Lipinski definition) is 0. The zero-order valence-corrected chi connectivity index (χ0v) is 40.6. The van der Waals surface area contributed by atoms with Crippen LogP contribution in [0.4, 0.5) is 0 Å². The summed E-state index contributed by atoms with van der Waals surface area (Å²) in [6, 6.07) is 104. The fraction of sp³-hybridized carbons (Fsp3) is 0. The molecule has 0 N–H and O–H groups in total. The first-order valence-electron chi connectivity index (χ1n) is 25.7. The highest BCUT2D eigenvalue weighted by Gasteiger charge is 2.19. The van der Waals surface area contributed by atoms with Crippen molar-refractivity contribution in [3.05, 3.63) is 279 Å². The first-order chi connectivity index (χ1) is 36.7. The molecule has 0 heterocycles. The molecule has 0 heteroatoms. The normalized spacial score (nSPS) is 11.8. The van der Waals surface area contributed by atoms with Crippen molar-refractivity contribution in [3.8, 4) is 66.8 Å². The zero-order valence-electron chi connectivity index (χ0n) is 40.6. The maximum Gasteiger partial charge on any atom is -0.00262 e. The SMILES string of the molecule is c1cc(-c2ccc3ccc(-c4ccc5ccc(-c6c7ccccc7c(-c7ccc8ccccc8c7)c7ccccc67)cc5c4)cc3c2)cc(-c2c3ccccc3c(-c3ccc4ccccc4c3)c3ccccc23)c1. The van der Waals surface area contributed by atoms with Crippen LogP contribution in [0.3, 0.4) is 0 Å². The highest BCUT2D eigenvalue weighted by molar-refractivity contribution is 6.23. The maximum atomic E-state index is 2.40. The van der Waals surface area contributed by atoms with Gasteiger partial charge in [-0.3, -0.25) is 0 Å². The third kappa shape index (κ3) is 6.91. The van der Waals surface area contributed by atoms with Crippen LogP contribution in [0, 0.1) is 0 Å². The largest absolute Gasteiger partial charge is 0.0616 e. The summed E-state index contributed by atoms with van der Waals surface area (Å²) >= 11 is 0. The lowest BCUT2D eigenvalue weighted by molar-refractivity contribution is 1.62. The average molecular weight is 935 g/mol. The third-order valence-electron chi connectivity index (χ3n) is 15.7. The summed E-state index contributed by atoms with van der Waals surface area (Å²) in [6.07, 6.45) is 0. The van der Waals surface area contributed by atoms with Gasteiger partial charge in [-0.15, -0.1) is 0 Å². The molecule has 0 nitrogen and oxygen atoms in total. The molecule has 0 saturated carbocycles. The number of hydrogen-bond acceptors (Lipinski definition) is 0. The van der Waals surface area contributed by atoms with Crippen LogP contribution in [0.25, 0.3) is 153 Å². The van der Waals surface area contributed by atoms with Crippen molar-refractivity contribution in [2.45, 2.75) is 0 Å². The Morgan fingerprint density at radius 1 is 0.122 bits per heavy atom. The lowest BCUT2D eigenvalue weighted by atomic mass is 9.85. The lowest BCUT2D eigenvalue weighted by Crippen LogP contribution is -1.91. The predicted molar refractivity (Wildman–Crippen MR) is 319 cm³/mol. The minimum absolute atomic E-state index is 1.20. The monoisotopic (exact) mass is 934 g/mol. The Balaban J connectivity index is 0.810. The molecule has 0 unspecified atom stereocenters. The second-order valence-electron chi connectivity index (χ2n) is 19.9. The molecule has 74 heavy (non-hydrogen) atoms. The van der Waals surface area contributed by atoms with Crippen molar-refractivity contribution in [1.82, 2.24) is 0 Å². The van der Waals surface area contributed by atoms with E-state index in [4.69, 9.17) is 0 Å². The van der Waals surface area contributed by atoms with Gasteiger partial charge in [0.25, 0.3) is 0 Å². The maximum absolute atomic E-state index is 2.40. The molecule has 0 radical (unpaired) electrons. The second kappa shape index (κ2) is 17.0. The summed E-state index contributed by atoms with van der Waals surface area (Å²) in [7, 11) is 0. The smallest absolute Gasteiger partial charge is 0.00262 e. The van der Waals surface area contributed by atoms with Gasteiger partial charge in [0.2, 0.25) is 0 Å². The van der Waals surface area contributed by atoms with E-state index in [0.717, 1.165) is 0 Å². The standard InChI is InChI=1S/C74H46/c1-3-16-51-40-58(37-31-47(51)14-1)72-65-22-7-5-20-63(65)71(64-21-6-8-23-66(64)72)57-19-13-18-53(42-57)54-34-28-49-29-35-55(44-61(49)43-54)56-36-30-50-33-39-60(46-62(50)45-56)74-69-26-11-9-24-67(69)73(68-25-10-12-27-70(68)74)59-38-32-48-15-2-4-17-52(48)41-59/h1-46H. The molecule has 15 rings (SSSR count). The Kier molecular flexibility index (Phi) is 9.68. The van der Waals surface area contributed by atoms with Gasteiger partial charge in [0.1, 0.15) is 0 Å². The van der Waals surface area contributed by atoms with E-state index in [9.17, 15) is 0 Å². The van der Waals surface area contributed by atoms with Gasteiger partial charge in [-0.05, 0) is 195 Å². The quantitative estimate of drug-likeness (QED) is 0.146. The molecule has 0 bridgehead atoms. The van der Waals surface area contributed by atoms with Crippen molar-refractivity contribution < 1.29 is 0 Å². The summed E-state index contributed by atoms with van der Waals surface area (Å²) in [6.45, 7) is 0. The Labute approximate surface area is 429 Å². The first-order valence-corrected chi connectivity index (χ1v) is 25.7. The molecule has 0 fully saturated rings. The van der Waals surface area contributed by atoms with E-state index in [1.807, 2.05) is 0 Å². The molecule has 0 amide bonds. The van der Waals surface area contributed by atoms with Crippen LogP contribution in [0.2, 0.25) is 0 Å². The van der Waals surface area contributed by atoms with Gasteiger partial charge >= 0.3 is 0 Å². The molecule has 0 aliphatic carbocycles.